The summed E-state index contributed by atoms with van der Waals surface area (Å²) in [6.45, 7) is 7.20. The summed E-state index contributed by atoms with van der Waals surface area (Å²) in [6, 6.07) is 5.35. The third-order valence-corrected chi connectivity index (χ3v) is 7.00. The average molecular weight is 475 g/mol. The first-order valence-corrected chi connectivity index (χ1v) is 12.0. The largest absolute Gasteiger partial charge is 0.340 e. The first-order chi connectivity index (χ1) is 15.9. The van der Waals surface area contributed by atoms with E-state index in [-0.39, 0.29) is 27.7 Å². The van der Waals surface area contributed by atoms with Gasteiger partial charge in [-0.25, -0.2) is 4.39 Å². The molecule has 0 bridgehead atoms. The molecule has 1 aromatic carbocycles. The molecule has 0 aliphatic carbocycles. The minimum Gasteiger partial charge on any atom is -0.340 e. The fourth-order valence-corrected chi connectivity index (χ4v) is 4.87. The molecule has 2 fully saturated rings. The number of likely N-dealkylation sites (N-methyl/N-ethyl adjacent to an activating group) is 1. The monoisotopic (exact) mass is 474 g/mol. The number of nitrogens with zero attached hydrogens (tertiary/aromatic N) is 5. The maximum atomic E-state index is 13.0. The molecule has 2 aromatic rings. The van der Waals surface area contributed by atoms with Crippen molar-refractivity contribution in [2.45, 2.75) is 19.8 Å². The third kappa shape index (κ3) is 5.53. The number of hydrogen-bond acceptors (Lipinski definition) is 7. The number of carbonyl (C=O) groups is 3. The maximum Gasteiger partial charge on any atom is 0.286 e. The van der Waals surface area contributed by atoms with Gasteiger partial charge in [0, 0.05) is 45.0 Å². The van der Waals surface area contributed by atoms with Crippen LogP contribution in [0.25, 0.3) is 0 Å². The minimum atomic E-state index is -0.518. The van der Waals surface area contributed by atoms with Crippen molar-refractivity contribution in [3.63, 3.8) is 0 Å². The standard InChI is InChI=1S/C22H27FN6O3S/c1-2-27-10-12-28(13-11-27)21(31)15-4-3-9-29(14-15)22(32)20-26-25-19(33-20)18(30)24-17-7-5-16(23)6-8-17/h5-8,15H,2-4,9-14H2,1H3,(H,24,30)/t15-/m1/s1. The first kappa shape index (κ1) is 23.2. The number of carbonyl (C=O) groups excluding carboxylic acids is 3. The molecule has 176 valence electrons. The number of hydrogen-bond donors (Lipinski definition) is 1. The highest BCUT2D eigenvalue weighted by atomic mass is 32.1. The van der Waals surface area contributed by atoms with E-state index in [9.17, 15) is 18.8 Å². The highest BCUT2D eigenvalue weighted by Gasteiger charge is 2.34. The molecule has 2 aliphatic rings. The lowest BCUT2D eigenvalue weighted by Gasteiger charge is -2.38. The number of nitrogens with one attached hydrogen (secondary N) is 1. The van der Waals surface area contributed by atoms with E-state index in [4.69, 9.17) is 0 Å². The predicted molar refractivity (Wildman–Crippen MR) is 122 cm³/mol. The minimum absolute atomic E-state index is 0.0427. The Balaban J connectivity index is 1.35. The lowest BCUT2D eigenvalue weighted by molar-refractivity contribution is -0.138. The normalized spacial score (nSPS) is 19.4. The van der Waals surface area contributed by atoms with Gasteiger partial charge in [0.05, 0.1) is 5.92 Å². The smallest absolute Gasteiger partial charge is 0.286 e. The lowest BCUT2D eigenvalue weighted by Crippen LogP contribution is -2.52. The van der Waals surface area contributed by atoms with E-state index in [0.29, 0.717) is 18.8 Å². The molecular formula is C22H27FN6O3S. The fourth-order valence-electron chi connectivity index (χ4n) is 4.16. The van der Waals surface area contributed by atoms with Gasteiger partial charge in [-0.3, -0.25) is 14.4 Å². The van der Waals surface area contributed by atoms with Gasteiger partial charge in [0.2, 0.25) is 15.9 Å². The quantitative estimate of drug-likeness (QED) is 0.711. The zero-order valence-electron chi connectivity index (χ0n) is 18.5. The topological polar surface area (TPSA) is 98.7 Å². The number of rotatable bonds is 5. The van der Waals surface area contributed by atoms with Crippen molar-refractivity contribution < 1.29 is 18.8 Å². The summed E-state index contributed by atoms with van der Waals surface area (Å²) < 4.78 is 13.0. The Morgan fingerprint density at radius 1 is 1.03 bits per heavy atom. The molecule has 33 heavy (non-hydrogen) atoms. The zero-order chi connectivity index (χ0) is 23.4. The Labute approximate surface area is 195 Å². The lowest BCUT2D eigenvalue weighted by atomic mass is 9.96. The molecule has 3 heterocycles. The van der Waals surface area contributed by atoms with Crippen molar-refractivity contribution >= 4 is 34.7 Å². The van der Waals surface area contributed by atoms with Crippen LogP contribution in [0.4, 0.5) is 10.1 Å². The summed E-state index contributed by atoms with van der Waals surface area (Å²) >= 11 is 0.905. The molecule has 2 aliphatic heterocycles. The molecule has 0 unspecified atom stereocenters. The van der Waals surface area contributed by atoms with Crippen molar-refractivity contribution in [1.82, 2.24) is 24.9 Å². The van der Waals surface area contributed by atoms with Crippen molar-refractivity contribution in [3.05, 3.63) is 40.1 Å². The number of piperidine rings is 1. The summed E-state index contributed by atoms with van der Waals surface area (Å²) in [5.41, 5.74) is 0.418. The number of piperazine rings is 1. The molecule has 4 rings (SSSR count). The van der Waals surface area contributed by atoms with Crippen LogP contribution in [0.2, 0.25) is 0 Å². The van der Waals surface area contributed by atoms with Gasteiger partial charge in [0.25, 0.3) is 11.8 Å². The molecule has 9 nitrogen and oxygen atoms in total. The second-order valence-electron chi connectivity index (χ2n) is 8.22. The van der Waals surface area contributed by atoms with Crippen molar-refractivity contribution in [2.24, 2.45) is 5.92 Å². The number of halogens is 1. The molecule has 0 saturated carbocycles. The van der Waals surface area contributed by atoms with Crippen LogP contribution in [0.15, 0.2) is 24.3 Å². The molecule has 2 saturated heterocycles. The number of amides is 3. The van der Waals surface area contributed by atoms with Crippen molar-refractivity contribution in [3.8, 4) is 0 Å². The van der Waals surface area contributed by atoms with Gasteiger partial charge in [0.1, 0.15) is 5.82 Å². The Morgan fingerprint density at radius 3 is 2.42 bits per heavy atom. The van der Waals surface area contributed by atoms with Gasteiger partial charge in [-0.05, 0) is 43.7 Å². The number of aromatic nitrogens is 2. The van der Waals surface area contributed by atoms with Gasteiger partial charge in [-0.1, -0.05) is 18.3 Å². The van der Waals surface area contributed by atoms with E-state index >= 15 is 0 Å². The van der Waals surface area contributed by atoms with Crippen LogP contribution in [0.3, 0.4) is 0 Å². The summed E-state index contributed by atoms with van der Waals surface area (Å²) in [5, 5.41) is 10.5. The van der Waals surface area contributed by atoms with Crippen LogP contribution >= 0.6 is 11.3 Å². The van der Waals surface area contributed by atoms with E-state index in [0.717, 1.165) is 56.9 Å². The van der Waals surface area contributed by atoms with Gasteiger partial charge in [0.15, 0.2) is 0 Å². The fraction of sp³-hybridized carbons (Fsp3) is 0.500. The second-order valence-corrected chi connectivity index (χ2v) is 9.20. The number of anilines is 1. The van der Waals surface area contributed by atoms with Crippen LogP contribution in [0, 0.1) is 11.7 Å². The Kier molecular flexibility index (Phi) is 7.29. The summed E-state index contributed by atoms with van der Waals surface area (Å²) in [4.78, 5) is 44.3. The van der Waals surface area contributed by atoms with E-state index < -0.39 is 11.7 Å². The molecule has 1 N–H and O–H groups in total. The van der Waals surface area contributed by atoms with Crippen LogP contribution < -0.4 is 5.32 Å². The first-order valence-electron chi connectivity index (χ1n) is 11.2. The number of likely N-dealkylation sites (tertiary alicyclic amines) is 1. The van der Waals surface area contributed by atoms with E-state index in [1.807, 2.05) is 4.90 Å². The second kappa shape index (κ2) is 10.3. The molecule has 0 spiro atoms. The average Bonchev–Trinajstić information content (AvgIpc) is 3.35. The van der Waals surface area contributed by atoms with Crippen molar-refractivity contribution in [1.29, 1.82) is 0 Å². The predicted octanol–water partition coefficient (Wildman–Crippen LogP) is 1.95. The van der Waals surface area contributed by atoms with Crippen LogP contribution in [-0.4, -0.2) is 88.4 Å². The molecule has 1 aromatic heterocycles. The van der Waals surface area contributed by atoms with E-state index in [1.54, 1.807) is 4.90 Å². The highest BCUT2D eigenvalue weighted by Crippen LogP contribution is 2.23. The SMILES string of the molecule is CCN1CCN(C(=O)[C@@H]2CCCN(C(=O)c3nnc(C(=O)Nc4ccc(F)cc4)s3)C2)CC1. The summed E-state index contributed by atoms with van der Waals surface area (Å²) in [7, 11) is 0. The van der Waals surface area contributed by atoms with Gasteiger partial charge in [-0.2, -0.15) is 0 Å². The van der Waals surface area contributed by atoms with Gasteiger partial charge in [-0.15, -0.1) is 10.2 Å². The highest BCUT2D eigenvalue weighted by molar-refractivity contribution is 7.15. The Hall–Kier alpha value is -2.92. The zero-order valence-corrected chi connectivity index (χ0v) is 19.3. The van der Waals surface area contributed by atoms with E-state index in [2.05, 4.69) is 27.3 Å². The van der Waals surface area contributed by atoms with Crippen LogP contribution in [0.5, 0.6) is 0 Å². The third-order valence-electron chi connectivity index (χ3n) is 6.09. The summed E-state index contributed by atoms with van der Waals surface area (Å²) in [6.07, 6.45) is 1.51. The van der Waals surface area contributed by atoms with Crippen molar-refractivity contribution in [2.75, 3.05) is 51.1 Å². The van der Waals surface area contributed by atoms with Gasteiger partial charge < -0.3 is 20.0 Å². The van der Waals surface area contributed by atoms with E-state index in [1.165, 1.54) is 24.3 Å². The summed E-state index contributed by atoms with van der Waals surface area (Å²) in [5.74, 6) is -1.35. The Morgan fingerprint density at radius 2 is 1.73 bits per heavy atom. The molecule has 0 radical (unpaired) electrons. The number of benzene rings is 1. The molecule has 11 heteroatoms. The maximum absolute atomic E-state index is 13.0. The Bertz CT molecular complexity index is 1010. The molecular weight excluding hydrogens is 447 g/mol. The van der Waals surface area contributed by atoms with Gasteiger partial charge >= 0.3 is 0 Å². The van der Waals surface area contributed by atoms with Crippen LogP contribution in [0.1, 0.15) is 39.4 Å². The molecule has 3 amide bonds. The van der Waals surface area contributed by atoms with Crippen LogP contribution in [-0.2, 0) is 4.79 Å². The molecule has 1 atom stereocenters.